The molecule has 4 nitrogen and oxygen atoms in total. The van der Waals surface area contributed by atoms with Gasteiger partial charge in [-0.15, -0.1) is 0 Å². The third-order valence-corrected chi connectivity index (χ3v) is 4.47. The Morgan fingerprint density at radius 1 is 1.37 bits per heavy atom. The van der Waals surface area contributed by atoms with E-state index in [1.165, 1.54) is 38.5 Å². The molecule has 106 valence electrons. The van der Waals surface area contributed by atoms with E-state index in [-0.39, 0.29) is 11.7 Å². The van der Waals surface area contributed by atoms with Gasteiger partial charge in [0.1, 0.15) is 6.61 Å². The van der Waals surface area contributed by atoms with Gasteiger partial charge in [0.2, 0.25) is 0 Å². The highest BCUT2D eigenvalue weighted by Gasteiger charge is 2.40. The fourth-order valence-corrected chi connectivity index (χ4v) is 3.36. The van der Waals surface area contributed by atoms with Crippen LogP contribution in [0.1, 0.15) is 51.9 Å². The normalized spacial score (nSPS) is 25.8. The number of aromatic nitrogens is 2. The summed E-state index contributed by atoms with van der Waals surface area (Å²) in [5, 5.41) is 4.21. The van der Waals surface area contributed by atoms with Crippen molar-refractivity contribution in [1.29, 1.82) is 0 Å². The van der Waals surface area contributed by atoms with Crippen LogP contribution < -0.4 is 4.74 Å². The number of rotatable bonds is 4. The molecule has 1 aromatic rings. The van der Waals surface area contributed by atoms with E-state index >= 15 is 0 Å². The Hall–Kier alpha value is -1.03. The molecule has 1 saturated heterocycles. The fraction of sp³-hybridized carbons (Fsp3) is 0.800. The van der Waals surface area contributed by atoms with Crippen molar-refractivity contribution in [2.75, 3.05) is 6.61 Å². The van der Waals surface area contributed by atoms with Gasteiger partial charge in [0.15, 0.2) is 5.75 Å². The Kier molecular flexibility index (Phi) is 3.78. The molecule has 0 bridgehead atoms. The SMILES string of the molecule is CCn1cc(OCC2CCC3(CCCCC3)O2)cn1. The molecule has 1 aromatic heterocycles. The first-order chi connectivity index (χ1) is 9.30. The molecule has 0 amide bonds. The fourth-order valence-electron chi connectivity index (χ4n) is 3.36. The monoisotopic (exact) mass is 264 g/mol. The van der Waals surface area contributed by atoms with Crippen molar-refractivity contribution in [3.63, 3.8) is 0 Å². The van der Waals surface area contributed by atoms with Gasteiger partial charge in [0, 0.05) is 6.54 Å². The van der Waals surface area contributed by atoms with Gasteiger partial charge in [-0.2, -0.15) is 5.10 Å². The second kappa shape index (κ2) is 5.53. The maximum absolute atomic E-state index is 6.29. The Labute approximate surface area is 115 Å². The molecule has 2 fully saturated rings. The average molecular weight is 264 g/mol. The minimum absolute atomic E-state index is 0.194. The van der Waals surface area contributed by atoms with E-state index in [4.69, 9.17) is 9.47 Å². The summed E-state index contributed by atoms with van der Waals surface area (Å²) in [6.45, 7) is 3.62. The Morgan fingerprint density at radius 3 is 2.95 bits per heavy atom. The lowest BCUT2D eigenvalue weighted by Gasteiger charge is -2.33. The molecule has 1 atom stereocenters. The zero-order valence-electron chi connectivity index (χ0n) is 11.8. The molecular weight excluding hydrogens is 240 g/mol. The van der Waals surface area contributed by atoms with Gasteiger partial charge in [-0.25, -0.2) is 0 Å². The zero-order valence-corrected chi connectivity index (χ0v) is 11.8. The summed E-state index contributed by atoms with van der Waals surface area (Å²) in [4.78, 5) is 0. The second-order valence-corrected chi connectivity index (χ2v) is 5.86. The summed E-state index contributed by atoms with van der Waals surface area (Å²) in [7, 11) is 0. The van der Waals surface area contributed by atoms with Gasteiger partial charge >= 0.3 is 0 Å². The van der Waals surface area contributed by atoms with E-state index < -0.39 is 0 Å². The molecule has 1 aliphatic heterocycles. The minimum atomic E-state index is 0.194. The summed E-state index contributed by atoms with van der Waals surface area (Å²) in [6, 6.07) is 0. The lowest BCUT2D eigenvalue weighted by molar-refractivity contribution is -0.0748. The van der Waals surface area contributed by atoms with Gasteiger partial charge in [-0.1, -0.05) is 19.3 Å². The first-order valence-electron chi connectivity index (χ1n) is 7.63. The van der Waals surface area contributed by atoms with Crippen LogP contribution in [-0.2, 0) is 11.3 Å². The lowest BCUT2D eigenvalue weighted by Crippen LogP contribution is -2.32. The van der Waals surface area contributed by atoms with Gasteiger partial charge < -0.3 is 9.47 Å². The molecule has 3 rings (SSSR count). The van der Waals surface area contributed by atoms with E-state index in [0.29, 0.717) is 6.61 Å². The van der Waals surface area contributed by atoms with Crippen molar-refractivity contribution in [2.24, 2.45) is 0 Å². The van der Waals surface area contributed by atoms with Gasteiger partial charge in [0.25, 0.3) is 0 Å². The summed E-state index contributed by atoms with van der Waals surface area (Å²) >= 11 is 0. The van der Waals surface area contributed by atoms with Crippen LogP contribution in [0.25, 0.3) is 0 Å². The number of ether oxygens (including phenoxy) is 2. The minimum Gasteiger partial charge on any atom is -0.488 e. The maximum atomic E-state index is 6.29. The highest BCUT2D eigenvalue weighted by atomic mass is 16.6. The molecule has 0 radical (unpaired) electrons. The van der Waals surface area contributed by atoms with Crippen LogP contribution in [0.5, 0.6) is 5.75 Å². The number of nitrogens with zero attached hydrogens (tertiary/aromatic N) is 2. The van der Waals surface area contributed by atoms with E-state index in [0.717, 1.165) is 18.7 Å². The molecule has 1 saturated carbocycles. The molecule has 0 N–H and O–H groups in total. The predicted molar refractivity (Wildman–Crippen MR) is 73.3 cm³/mol. The molecular formula is C15H24N2O2. The molecule has 2 aliphatic rings. The first-order valence-corrected chi connectivity index (χ1v) is 7.63. The molecule has 2 heterocycles. The van der Waals surface area contributed by atoms with Crippen molar-refractivity contribution in [3.05, 3.63) is 12.4 Å². The van der Waals surface area contributed by atoms with Crippen LogP contribution >= 0.6 is 0 Å². The van der Waals surface area contributed by atoms with Gasteiger partial charge in [-0.05, 0) is 32.6 Å². The van der Waals surface area contributed by atoms with E-state index in [1.807, 2.05) is 10.9 Å². The van der Waals surface area contributed by atoms with Crippen LogP contribution in [-0.4, -0.2) is 28.1 Å². The van der Waals surface area contributed by atoms with E-state index in [1.54, 1.807) is 6.20 Å². The third-order valence-electron chi connectivity index (χ3n) is 4.47. The van der Waals surface area contributed by atoms with Crippen molar-refractivity contribution in [1.82, 2.24) is 9.78 Å². The highest BCUT2D eigenvalue weighted by Crippen LogP contribution is 2.41. The Bertz CT molecular complexity index is 410. The summed E-state index contributed by atoms with van der Waals surface area (Å²) in [6.07, 6.45) is 12.9. The Morgan fingerprint density at radius 2 is 2.21 bits per heavy atom. The van der Waals surface area contributed by atoms with E-state index in [9.17, 15) is 0 Å². The molecule has 1 spiro atoms. The van der Waals surface area contributed by atoms with Crippen LogP contribution in [0.15, 0.2) is 12.4 Å². The van der Waals surface area contributed by atoms with Crippen molar-refractivity contribution in [3.8, 4) is 5.75 Å². The van der Waals surface area contributed by atoms with Crippen LogP contribution in [0.3, 0.4) is 0 Å². The molecule has 0 aromatic carbocycles. The zero-order chi connectivity index (χ0) is 13.1. The summed E-state index contributed by atoms with van der Waals surface area (Å²) < 4.78 is 14.0. The van der Waals surface area contributed by atoms with Crippen molar-refractivity contribution < 1.29 is 9.47 Å². The maximum Gasteiger partial charge on any atom is 0.157 e. The number of aryl methyl sites for hydroxylation is 1. The summed E-state index contributed by atoms with van der Waals surface area (Å²) in [5.74, 6) is 0.857. The standard InChI is InChI=1S/C15H24N2O2/c1-2-17-11-14(10-16-17)18-12-13-6-9-15(19-13)7-4-3-5-8-15/h10-11,13H,2-9,12H2,1H3. The van der Waals surface area contributed by atoms with E-state index in [2.05, 4.69) is 12.0 Å². The first kappa shape index (κ1) is 13.0. The summed E-state index contributed by atoms with van der Waals surface area (Å²) in [5.41, 5.74) is 0.194. The quantitative estimate of drug-likeness (QED) is 0.838. The van der Waals surface area contributed by atoms with Gasteiger partial charge in [-0.3, -0.25) is 4.68 Å². The number of hydrogen-bond acceptors (Lipinski definition) is 3. The van der Waals surface area contributed by atoms with Crippen LogP contribution in [0.4, 0.5) is 0 Å². The van der Waals surface area contributed by atoms with Crippen molar-refractivity contribution >= 4 is 0 Å². The third kappa shape index (κ3) is 2.94. The Balaban J connectivity index is 1.49. The predicted octanol–water partition coefficient (Wildman–Crippen LogP) is 3.16. The molecule has 1 unspecified atom stereocenters. The van der Waals surface area contributed by atoms with Gasteiger partial charge in [0.05, 0.1) is 24.1 Å². The topological polar surface area (TPSA) is 36.3 Å². The molecule has 4 heteroatoms. The highest BCUT2D eigenvalue weighted by molar-refractivity contribution is 5.11. The lowest BCUT2D eigenvalue weighted by atomic mass is 9.83. The average Bonchev–Trinajstić information content (AvgIpc) is 3.05. The van der Waals surface area contributed by atoms with Crippen LogP contribution in [0, 0.1) is 0 Å². The molecule has 1 aliphatic carbocycles. The molecule has 19 heavy (non-hydrogen) atoms. The van der Waals surface area contributed by atoms with Crippen molar-refractivity contribution in [2.45, 2.75) is 70.1 Å². The largest absolute Gasteiger partial charge is 0.488 e. The van der Waals surface area contributed by atoms with Crippen LogP contribution in [0.2, 0.25) is 0 Å². The number of hydrogen-bond donors (Lipinski definition) is 0. The second-order valence-electron chi connectivity index (χ2n) is 5.86. The smallest absolute Gasteiger partial charge is 0.157 e.